The van der Waals surface area contributed by atoms with Crippen molar-refractivity contribution in [2.24, 2.45) is 0 Å². The highest BCUT2D eigenvalue weighted by molar-refractivity contribution is 6.01. The molecule has 0 saturated carbocycles. The molecular formula is C11H14O4. The van der Waals surface area contributed by atoms with Crippen molar-refractivity contribution in [3.8, 4) is 17.2 Å². The zero-order chi connectivity index (χ0) is 11.4. The molecule has 0 amide bonds. The van der Waals surface area contributed by atoms with Crippen LogP contribution in [0, 0.1) is 0 Å². The van der Waals surface area contributed by atoms with Crippen LogP contribution in [0.15, 0.2) is 12.1 Å². The van der Waals surface area contributed by atoms with Crippen LogP contribution in [0.5, 0.6) is 17.2 Å². The molecule has 0 saturated heterocycles. The van der Waals surface area contributed by atoms with E-state index in [0.29, 0.717) is 17.9 Å². The van der Waals surface area contributed by atoms with Crippen LogP contribution in [-0.2, 0) is 0 Å². The fourth-order valence-corrected chi connectivity index (χ4v) is 1.31. The molecule has 0 heterocycles. The van der Waals surface area contributed by atoms with Gasteiger partial charge in [0.05, 0.1) is 14.2 Å². The molecule has 1 rings (SSSR count). The van der Waals surface area contributed by atoms with Crippen molar-refractivity contribution < 1.29 is 19.4 Å². The molecule has 0 aliphatic heterocycles. The first-order valence-corrected chi connectivity index (χ1v) is 4.62. The number of phenolic OH excluding ortho intramolecular Hbond substituents is 1. The van der Waals surface area contributed by atoms with E-state index in [2.05, 4.69) is 0 Å². The lowest BCUT2D eigenvalue weighted by Crippen LogP contribution is -2.01. The van der Waals surface area contributed by atoms with Gasteiger partial charge in [-0.15, -0.1) is 0 Å². The average Bonchev–Trinajstić information content (AvgIpc) is 2.26. The monoisotopic (exact) mass is 210 g/mol. The molecule has 0 unspecified atom stereocenters. The second-order valence-electron chi connectivity index (χ2n) is 3.00. The third-order valence-corrected chi connectivity index (χ3v) is 2.11. The lowest BCUT2D eigenvalue weighted by Gasteiger charge is -2.10. The third kappa shape index (κ3) is 2.21. The van der Waals surface area contributed by atoms with E-state index in [-0.39, 0.29) is 17.1 Å². The number of ether oxygens (including phenoxy) is 2. The number of benzene rings is 1. The van der Waals surface area contributed by atoms with Crippen LogP contribution >= 0.6 is 0 Å². The molecule has 15 heavy (non-hydrogen) atoms. The molecular weight excluding hydrogens is 196 g/mol. The summed E-state index contributed by atoms with van der Waals surface area (Å²) < 4.78 is 9.99. The Morgan fingerprint density at radius 2 is 2.00 bits per heavy atom. The summed E-state index contributed by atoms with van der Waals surface area (Å²) in [4.78, 5) is 11.5. The summed E-state index contributed by atoms with van der Waals surface area (Å²) in [6, 6.07) is 2.97. The summed E-state index contributed by atoms with van der Waals surface area (Å²) in [6.45, 7) is 1.73. The van der Waals surface area contributed by atoms with Crippen molar-refractivity contribution in [1.29, 1.82) is 0 Å². The third-order valence-electron chi connectivity index (χ3n) is 2.11. The Kier molecular flexibility index (Phi) is 3.55. The Morgan fingerprint density at radius 3 is 2.47 bits per heavy atom. The first kappa shape index (κ1) is 11.4. The molecule has 82 valence electrons. The number of hydrogen-bond donors (Lipinski definition) is 1. The highest BCUT2D eigenvalue weighted by Gasteiger charge is 2.17. The highest BCUT2D eigenvalue weighted by Crippen LogP contribution is 2.33. The number of ketones is 1. The van der Waals surface area contributed by atoms with Crippen LogP contribution in [0.3, 0.4) is 0 Å². The van der Waals surface area contributed by atoms with Gasteiger partial charge in [-0.1, -0.05) is 6.92 Å². The number of rotatable bonds is 4. The Hall–Kier alpha value is -1.71. The maximum absolute atomic E-state index is 11.5. The summed E-state index contributed by atoms with van der Waals surface area (Å²) in [5.74, 6) is 0.515. The van der Waals surface area contributed by atoms with E-state index >= 15 is 0 Å². The van der Waals surface area contributed by atoms with Gasteiger partial charge in [-0.3, -0.25) is 4.79 Å². The van der Waals surface area contributed by atoms with E-state index in [1.54, 1.807) is 13.0 Å². The minimum Gasteiger partial charge on any atom is -0.507 e. The van der Waals surface area contributed by atoms with E-state index in [1.807, 2.05) is 0 Å². The molecule has 4 heteroatoms. The standard InChI is InChI=1S/C11H14O4/c1-4-8(12)11-9(13)5-7(14-2)6-10(11)15-3/h5-6,13H,4H2,1-3H3. The van der Waals surface area contributed by atoms with Crippen LogP contribution in [0.2, 0.25) is 0 Å². The van der Waals surface area contributed by atoms with Crippen molar-refractivity contribution in [2.75, 3.05) is 14.2 Å². The minimum absolute atomic E-state index is 0.113. The second kappa shape index (κ2) is 4.68. The average molecular weight is 210 g/mol. The Morgan fingerprint density at radius 1 is 1.33 bits per heavy atom. The number of hydrogen-bond acceptors (Lipinski definition) is 4. The number of phenols is 1. The fourth-order valence-electron chi connectivity index (χ4n) is 1.31. The number of Topliss-reactive ketones (excluding diaryl/α,β-unsaturated/α-hetero) is 1. The van der Waals surface area contributed by atoms with Gasteiger partial charge in [0.1, 0.15) is 22.8 Å². The largest absolute Gasteiger partial charge is 0.507 e. The summed E-state index contributed by atoms with van der Waals surface area (Å²) in [6.07, 6.45) is 0.316. The van der Waals surface area contributed by atoms with E-state index in [1.165, 1.54) is 20.3 Å². The van der Waals surface area contributed by atoms with E-state index in [9.17, 15) is 9.90 Å². The molecule has 0 bridgehead atoms. The van der Waals surface area contributed by atoms with E-state index in [0.717, 1.165) is 0 Å². The van der Waals surface area contributed by atoms with Gasteiger partial charge in [0, 0.05) is 18.6 Å². The normalized spacial score (nSPS) is 9.80. The molecule has 1 N–H and O–H groups in total. The van der Waals surface area contributed by atoms with Gasteiger partial charge in [-0.25, -0.2) is 0 Å². The predicted molar refractivity (Wildman–Crippen MR) is 55.8 cm³/mol. The van der Waals surface area contributed by atoms with Gasteiger partial charge in [0.15, 0.2) is 5.78 Å². The molecule has 0 aliphatic carbocycles. The first-order valence-electron chi connectivity index (χ1n) is 4.62. The van der Waals surface area contributed by atoms with Crippen molar-refractivity contribution >= 4 is 5.78 Å². The highest BCUT2D eigenvalue weighted by atomic mass is 16.5. The van der Waals surface area contributed by atoms with Gasteiger partial charge in [0.25, 0.3) is 0 Å². The van der Waals surface area contributed by atoms with Crippen LogP contribution < -0.4 is 9.47 Å². The summed E-state index contributed by atoms with van der Waals surface area (Å²) in [5, 5.41) is 9.66. The van der Waals surface area contributed by atoms with Crippen LogP contribution in [0.25, 0.3) is 0 Å². The minimum atomic E-state index is -0.160. The van der Waals surface area contributed by atoms with Crippen molar-refractivity contribution in [1.82, 2.24) is 0 Å². The molecule has 1 aromatic rings. The molecule has 0 fully saturated rings. The lowest BCUT2D eigenvalue weighted by molar-refractivity contribution is 0.0982. The van der Waals surface area contributed by atoms with Crippen LogP contribution in [0.4, 0.5) is 0 Å². The molecule has 0 atom stereocenters. The van der Waals surface area contributed by atoms with Gasteiger partial charge < -0.3 is 14.6 Å². The van der Waals surface area contributed by atoms with Crippen molar-refractivity contribution in [2.45, 2.75) is 13.3 Å². The number of methoxy groups -OCH3 is 2. The molecule has 0 spiro atoms. The molecule has 0 radical (unpaired) electrons. The van der Waals surface area contributed by atoms with Crippen molar-refractivity contribution in [3.05, 3.63) is 17.7 Å². The SMILES string of the molecule is CCC(=O)c1c(O)cc(OC)cc1OC. The Bertz CT molecular complexity index is 371. The summed E-state index contributed by atoms with van der Waals surface area (Å²) >= 11 is 0. The number of aromatic hydroxyl groups is 1. The summed E-state index contributed by atoms with van der Waals surface area (Å²) in [7, 11) is 2.93. The van der Waals surface area contributed by atoms with Crippen LogP contribution in [-0.4, -0.2) is 25.1 Å². The Labute approximate surface area is 88.4 Å². The van der Waals surface area contributed by atoms with E-state index < -0.39 is 0 Å². The van der Waals surface area contributed by atoms with Gasteiger partial charge in [0.2, 0.25) is 0 Å². The fraction of sp³-hybridized carbons (Fsp3) is 0.364. The van der Waals surface area contributed by atoms with Gasteiger partial charge in [-0.2, -0.15) is 0 Å². The summed E-state index contributed by atoms with van der Waals surface area (Å²) in [5.41, 5.74) is 0.209. The Balaban J connectivity index is 3.30. The second-order valence-corrected chi connectivity index (χ2v) is 3.00. The predicted octanol–water partition coefficient (Wildman–Crippen LogP) is 2.00. The zero-order valence-corrected chi connectivity index (χ0v) is 9.03. The molecule has 0 aromatic heterocycles. The van der Waals surface area contributed by atoms with Crippen LogP contribution in [0.1, 0.15) is 23.7 Å². The lowest BCUT2D eigenvalue weighted by atomic mass is 10.1. The van der Waals surface area contributed by atoms with E-state index in [4.69, 9.17) is 9.47 Å². The first-order chi connectivity index (χ1) is 7.13. The van der Waals surface area contributed by atoms with Gasteiger partial charge >= 0.3 is 0 Å². The zero-order valence-electron chi connectivity index (χ0n) is 9.03. The molecule has 1 aromatic carbocycles. The topological polar surface area (TPSA) is 55.8 Å². The van der Waals surface area contributed by atoms with Crippen molar-refractivity contribution in [3.63, 3.8) is 0 Å². The number of carbonyl (C=O) groups is 1. The van der Waals surface area contributed by atoms with Gasteiger partial charge in [-0.05, 0) is 0 Å². The quantitative estimate of drug-likeness (QED) is 0.772. The number of carbonyl (C=O) groups excluding carboxylic acids is 1. The molecule has 4 nitrogen and oxygen atoms in total. The maximum atomic E-state index is 11.5. The molecule has 0 aliphatic rings. The maximum Gasteiger partial charge on any atom is 0.170 e. The smallest absolute Gasteiger partial charge is 0.170 e.